The first-order valence-corrected chi connectivity index (χ1v) is 10.1. The van der Waals surface area contributed by atoms with E-state index in [9.17, 15) is 4.79 Å². The zero-order valence-electron chi connectivity index (χ0n) is 15.8. The van der Waals surface area contributed by atoms with Crippen LogP contribution in [0.3, 0.4) is 0 Å². The van der Waals surface area contributed by atoms with Crippen molar-refractivity contribution >= 4 is 5.82 Å². The number of fused-ring (bicyclic) bond motifs is 3. The molecule has 1 N–H and O–H groups in total. The molecule has 5 rings (SSSR count). The molecule has 4 aliphatic rings. The molecule has 4 heterocycles. The second-order valence-electron chi connectivity index (χ2n) is 7.85. The number of nitrogens with one attached hydrogen (secondary N) is 1. The van der Waals surface area contributed by atoms with Crippen molar-refractivity contribution in [3.8, 4) is 11.5 Å². The highest BCUT2D eigenvalue weighted by molar-refractivity contribution is 5.69. The normalized spacial score (nSPS) is 19.7. The third kappa shape index (κ3) is 2.76. The summed E-state index contributed by atoms with van der Waals surface area (Å²) in [5, 5.41) is 3.56. The van der Waals surface area contributed by atoms with Crippen LogP contribution < -0.4 is 11.0 Å². The molecule has 142 valence electrons. The molecule has 1 aliphatic carbocycles. The van der Waals surface area contributed by atoms with E-state index in [1.54, 1.807) is 0 Å². The van der Waals surface area contributed by atoms with Crippen molar-refractivity contribution in [3.05, 3.63) is 40.8 Å². The average Bonchev–Trinajstić information content (AvgIpc) is 3.44. The number of nitrogens with zero attached hydrogens (tertiary/aromatic N) is 5. The van der Waals surface area contributed by atoms with Crippen LogP contribution in [-0.2, 0) is 19.6 Å². The highest BCUT2D eigenvalue weighted by atomic mass is 16.1. The van der Waals surface area contributed by atoms with Gasteiger partial charge >= 0.3 is 5.69 Å². The molecule has 1 aromatic rings. The van der Waals surface area contributed by atoms with Gasteiger partial charge in [-0.25, -0.2) is 14.8 Å². The van der Waals surface area contributed by atoms with E-state index >= 15 is 0 Å². The molecule has 3 aliphatic heterocycles. The molecule has 0 radical (unpaired) electrons. The second-order valence-corrected chi connectivity index (χ2v) is 7.85. The molecule has 1 saturated carbocycles. The first-order chi connectivity index (χ1) is 13.2. The molecule has 27 heavy (non-hydrogen) atoms. The Hall–Kier alpha value is -2.57. The van der Waals surface area contributed by atoms with Gasteiger partial charge in [0, 0.05) is 31.4 Å². The standard InChI is InChI=1S/C20H26N6O/c1-2-9-25-19-16(22-17(23-19)14-7-3-4-8-14)18-21-15(13-26(18)20(25)27)12-24-10-5-6-11-24/h5-6,10-11,14-15,21H,2-4,7-9,12-13H2,1H3. The zero-order valence-corrected chi connectivity index (χ0v) is 15.8. The maximum atomic E-state index is 13.2. The Labute approximate surface area is 158 Å². The van der Waals surface area contributed by atoms with Crippen LogP contribution in [-0.4, -0.2) is 29.7 Å². The van der Waals surface area contributed by atoms with E-state index in [-0.39, 0.29) is 11.7 Å². The maximum Gasteiger partial charge on any atom is 0.331 e. The molecule has 7 nitrogen and oxygen atoms in total. The number of hydrogen-bond acceptors (Lipinski definition) is 4. The fourth-order valence-corrected chi connectivity index (χ4v) is 4.57. The van der Waals surface area contributed by atoms with Gasteiger partial charge in [0.2, 0.25) is 0 Å². The van der Waals surface area contributed by atoms with Gasteiger partial charge in [0.15, 0.2) is 5.82 Å². The minimum Gasteiger partial charge on any atom is -0.363 e. The summed E-state index contributed by atoms with van der Waals surface area (Å²) in [5.41, 5.74) is 0.889. The van der Waals surface area contributed by atoms with Crippen LogP contribution in [0.4, 0.5) is 5.82 Å². The van der Waals surface area contributed by atoms with Crippen LogP contribution in [0, 0.1) is 0 Å². The molecular weight excluding hydrogens is 340 g/mol. The first kappa shape index (κ1) is 16.6. The Balaban J connectivity index is 1.57. The van der Waals surface area contributed by atoms with Crippen molar-refractivity contribution in [2.75, 3.05) is 5.32 Å². The topological polar surface area (TPSA) is 69.7 Å². The lowest BCUT2D eigenvalue weighted by Gasteiger charge is -2.13. The van der Waals surface area contributed by atoms with Gasteiger partial charge in [-0.2, -0.15) is 0 Å². The molecule has 0 saturated heterocycles. The zero-order chi connectivity index (χ0) is 18.4. The van der Waals surface area contributed by atoms with Gasteiger partial charge in [-0.1, -0.05) is 19.8 Å². The average molecular weight is 366 g/mol. The van der Waals surface area contributed by atoms with Crippen LogP contribution >= 0.6 is 0 Å². The first-order valence-electron chi connectivity index (χ1n) is 10.1. The second kappa shape index (κ2) is 6.55. The van der Waals surface area contributed by atoms with Crippen LogP contribution in [0.1, 0.15) is 50.8 Å². The minimum absolute atomic E-state index is 0.0275. The summed E-state index contributed by atoms with van der Waals surface area (Å²) in [7, 11) is 0. The van der Waals surface area contributed by atoms with Gasteiger partial charge in [-0.05, 0) is 31.4 Å². The number of hydrogen-bond donors (Lipinski definition) is 1. The van der Waals surface area contributed by atoms with Crippen molar-refractivity contribution in [1.82, 2.24) is 23.7 Å². The van der Waals surface area contributed by atoms with Gasteiger partial charge in [-0.3, -0.25) is 9.13 Å². The lowest BCUT2D eigenvalue weighted by Crippen LogP contribution is -2.32. The van der Waals surface area contributed by atoms with Crippen LogP contribution in [0.25, 0.3) is 11.5 Å². The Morgan fingerprint density at radius 3 is 2.70 bits per heavy atom. The fraction of sp³-hybridized carbons (Fsp3) is 0.550. The highest BCUT2D eigenvalue weighted by Crippen LogP contribution is 2.37. The smallest absolute Gasteiger partial charge is 0.331 e. The molecule has 0 aromatic carbocycles. The summed E-state index contributed by atoms with van der Waals surface area (Å²) < 4.78 is 5.83. The van der Waals surface area contributed by atoms with Crippen molar-refractivity contribution in [3.63, 3.8) is 0 Å². The van der Waals surface area contributed by atoms with Crippen LogP contribution in [0.2, 0.25) is 0 Å². The van der Waals surface area contributed by atoms with Gasteiger partial charge in [0.05, 0.1) is 12.6 Å². The molecule has 7 heteroatoms. The number of anilines is 1. The summed E-state index contributed by atoms with van der Waals surface area (Å²) in [6.45, 7) is 4.27. The van der Waals surface area contributed by atoms with E-state index in [1.807, 2.05) is 21.3 Å². The van der Waals surface area contributed by atoms with E-state index in [2.05, 4.69) is 29.2 Å². The SMILES string of the molecule is CCCn1c2nc(C3CCCC3)nc-2c2n(c1=O)CC(Cn1cccc1)N2. The number of aromatic nitrogens is 5. The number of rotatable bonds is 5. The minimum atomic E-state index is 0.0275. The molecule has 1 fully saturated rings. The Morgan fingerprint density at radius 1 is 1.19 bits per heavy atom. The molecule has 1 aromatic heterocycles. The summed E-state index contributed by atoms with van der Waals surface area (Å²) in [5.74, 6) is 2.97. The van der Waals surface area contributed by atoms with Crippen molar-refractivity contribution in [2.24, 2.45) is 0 Å². The third-order valence-corrected chi connectivity index (χ3v) is 5.88. The summed E-state index contributed by atoms with van der Waals surface area (Å²) in [4.78, 5) is 22.9. The van der Waals surface area contributed by atoms with E-state index in [0.29, 0.717) is 19.0 Å². The molecule has 1 atom stereocenters. The quantitative estimate of drug-likeness (QED) is 0.754. The Bertz CT molecular complexity index is 963. The van der Waals surface area contributed by atoms with Crippen molar-refractivity contribution in [2.45, 2.75) is 70.6 Å². The van der Waals surface area contributed by atoms with Gasteiger partial charge in [0.1, 0.15) is 17.3 Å². The van der Waals surface area contributed by atoms with E-state index in [4.69, 9.17) is 9.97 Å². The van der Waals surface area contributed by atoms with E-state index < -0.39 is 0 Å². The molecule has 0 spiro atoms. The molecular formula is C20H26N6O. The lowest BCUT2D eigenvalue weighted by molar-refractivity contribution is 0.522. The van der Waals surface area contributed by atoms with Crippen molar-refractivity contribution in [1.29, 1.82) is 0 Å². The molecule has 0 amide bonds. The molecule has 0 bridgehead atoms. The Morgan fingerprint density at radius 2 is 1.96 bits per heavy atom. The van der Waals surface area contributed by atoms with Crippen molar-refractivity contribution < 1.29 is 0 Å². The van der Waals surface area contributed by atoms with Gasteiger partial charge in [-0.15, -0.1) is 0 Å². The maximum absolute atomic E-state index is 13.2. The van der Waals surface area contributed by atoms with Gasteiger partial charge in [0.25, 0.3) is 0 Å². The largest absolute Gasteiger partial charge is 0.363 e. The van der Waals surface area contributed by atoms with E-state index in [1.165, 1.54) is 12.8 Å². The number of imidazole rings is 1. The highest BCUT2D eigenvalue weighted by Gasteiger charge is 2.33. The van der Waals surface area contributed by atoms with E-state index in [0.717, 1.165) is 49.0 Å². The van der Waals surface area contributed by atoms with Crippen LogP contribution in [0.5, 0.6) is 0 Å². The summed E-state index contributed by atoms with van der Waals surface area (Å²) >= 11 is 0. The summed E-state index contributed by atoms with van der Waals surface area (Å²) in [6.07, 6.45) is 9.84. The van der Waals surface area contributed by atoms with Crippen LogP contribution in [0.15, 0.2) is 29.3 Å². The third-order valence-electron chi connectivity index (χ3n) is 5.88. The fourth-order valence-electron chi connectivity index (χ4n) is 4.57. The predicted octanol–water partition coefficient (Wildman–Crippen LogP) is 2.91. The summed E-state index contributed by atoms with van der Waals surface area (Å²) in [6, 6.07) is 4.23. The van der Waals surface area contributed by atoms with Gasteiger partial charge < -0.3 is 9.88 Å². The Kier molecular flexibility index (Phi) is 4.02. The molecule has 1 unspecified atom stereocenters. The monoisotopic (exact) mass is 366 g/mol. The predicted molar refractivity (Wildman–Crippen MR) is 104 cm³/mol. The lowest BCUT2D eigenvalue weighted by atomic mass is 10.1.